The normalized spacial score (nSPS) is 27.7. The Bertz CT molecular complexity index is 1090. The molecule has 1 spiro atoms. The Kier molecular flexibility index (Phi) is 5.93. The summed E-state index contributed by atoms with van der Waals surface area (Å²) in [7, 11) is 1.59. The minimum atomic E-state index is -1.28. The quantitative estimate of drug-likeness (QED) is 0.625. The van der Waals surface area contributed by atoms with Crippen LogP contribution < -0.4 is 4.74 Å². The van der Waals surface area contributed by atoms with Gasteiger partial charge in [-0.2, -0.15) is 0 Å². The lowest BCUT2D eigenvalue weighted by Gasteiger charge is -2.47. The van der Waals surface area contributed by atoms with E-state index in [-0.39, 0.29) is 24.9 Å². The minimum Gasteiger partial charge on any atom is -0.496 e. The molecule has 33 heavy (non-hydrogen) atoms. The topological polar surface area (TPSA) is 51.2 Å². The van der Waals surface area contributed by atoms with Gasteiger partial charge in [0.05, 0.1) is 26.4 Å². The molecule has 3 aromatic rings. The van der Waals surface area contributed by atoms with Crippen molar-refractivity contribution >= 4 is 0 Å². The first-order chi connectivity index (χ1) is 16.0. The number of morpholine rings is 1. The van der Waals surface area contributed by atoms with Crippen LogP contribution in [0.3, 0.4) is 0 Å². The van der Waals surface area contributed by atoms with Gasteiger partial charge in [-0.25, -0.2) is 4.39 Å². The zero-order chi connectivity index (χ0) is 22.9. The first-order valence-corrected chi connectivity index (χ1v) is 11.2. The molecule has 0 bridgehead atoms. The number of ether oxygens (including phenoxy) is 3. The highest BCUT2D eigenvalue weighted by atomic mass is 19.1. The molecule has 0 amide bonds. The lowest BCUT2D eigenvalue weighted by Crippen LogP contribution is -2.54. The fraction of sp³-hybridized carbons (Fsp3) is 0.333. The SMILES string of the molecule is COc1ccccc1C1(O)COC2(C1)OCCN(Cc1ccccc1)C2c1ccc(F)cc1. The highest BCUT2D eigenvalue weighted by molar-refractivity contribution is 5.39. The van der Waals surface area contributed by atoms with Crippen molar-refractivity contribution in [3.8, 4) is 5.75 Å². The van der Waals surface area contributed by atoms with Crippen LogP contribution in [-0.2, 0) is 21.6 Å². The van der Waals surface area contributed by atoms with Gasteiger partial charge in [0.1, 0.15) is 17.2 Å². The van der Waals surface area contributed by atoms with Gasteiger partial charge < -0.3 is 19.3 Å². The Morgan fingerprint density at radius 1 is 1.00 bits per heavy atom. The zero-order valence-electron chi connectivity index (χ0n) is 18.6. The maximum absolute atomic E-state index is 13.8. The zero-order valence-corrected chi connectivity index (χ0v) is 18.6. The first-order valence-electron chi connectivity index (χ1n) is 11.2. The fourth-order valence-corrected chi connectivity index (χ4v) is 5.14. The van der Waals surface area contributed by atoms with Crippen LogP contribution in [0.15, 0.2) is 78.9 Å². The van der Waals surface area contributed by atoms with Crippen molar-refractivity contribution in [2.24, 2.45) is 0 Å². The van der Waals surface area contributed by atoms with Crippen molar-refractivity contribution in [1.29, 1.82) is 0 Å². The predicted molar refractivity (Wildman–Crippen MR) is 122 cm³/mol. The molecule has 0 aromatic heterocycles. The second-order valence-electron chi connectivity index (χ2n) is 8.77. The summed E-state index contributed by atoms with van der Waals surface area (Å²) in [4.78, 5) is 2.29. The second-order valence-corrected chi connectivity index (χ2v) is 8.77. The number of rotatable bonds is 5. The van der Waals surface area contributed by atoms with Gasteiger partial charge in [-0.15, -0.1) is 0 Å². The van der Waals surface area contributed by atoms with Crippen LogP contribution in [0.4, 0.5) is 4.39 Å². The number of benzene rings is 3. The molecular formula is C27H28FNO4. The highest BCUT2D eigenvalue weighted by Gasteiger charge is 2.58. The average molecular weight is 450 g/mol. The third-order valence-corrected chi connectivity index (χ3v) is 6.62. The van der Waals surface area contributed by atoms with E-state index in [0.717, 1.165) is 5.56 Å². The van der Waals surface area contributed by atoms with E-state index in [4.69, 9.17) is 14.2 Å². The van der Waals surface area contributed by atoms with Gasteiger partial charge in [-0.3, -0.25) is 4.90 Å². The largest absolute Gasteiger partial charge is 0.496 e. The Labute approximate surface area is 193 Å². The summed E-state index contributed by atoms with van der Waals surface area (Å²) in [5.41, 5.74) is 1.45. The van der Waals surface area contributed by atoms with Gasteiger partial charge in [-0.1, -0.05) is 60.7 Å². The van der Waals surface area contributed by atoms with Crippen LogP contribution in [0.1, 0.15) is 29.2 Å². The van der Waals surface area contributed by atoms with E-state index in [1.807, 2.05) is 42.5 Å². The summed E-state index contributed by atoms with van der Waals surface area (Å²) in [6.07, 6.45) is 0.230. The highest BCUT2D eigenvalue weighted by Crippen LogP contribution is 2.52. The predicted octanol–water partition coefficient (Wildman–Crippen LogP) is 4.41. The summed E-state index contributed by atoms with van der Waals surface area (Å²) in [5, 5.41) is 11.7. The van der Waals surface area contributed by atoms with Crippen LogP contribution in [-0.4, -0.2) is 42.7 Å². The molecule has 0 aliphatic carbocycles. The van der Waals surface area contributed by atoms with E-state index in [2.05, 4.69) is 17.0 Å². The molecule has 3 aromatic carbocycles. The Morgan fingerprint density at radius 3 is 2.48 bits per heavy atom. The van der Waals surface area contributed by atoms with E-state index in [9.17, 15) is 9.50 Å². The number of nitrogens with zero attached hydrogens (tertiary/aromatic N) is 1. The molecule has 1 N–H and O–H groups in total. The van der Waals surface area contributed by atoms with Crippen LogP contribution in [0.5, 0.6) is 5.75 Å². The third-order valence-electron chi connectivity index (χ3n) is 6.62. The molecule has 5 rings (SSSR count). The van der Waals surface area contributed by atoms with Gasteiger partial charge in [-0.05, 0) is 29.3 Å². The summed E-state index contributed by atoms with van der Waals surface area (Å²) in [5.74, 6) is -0.770. The van der Waals surface area contributed by atoms with Gasteiger partial charge in [0, 0.05) is 25.1 Å². The molecular weight excluding hydrogens is 421 g/mol. The Hall–Kier alpha value is -2.77. The number of aliphatic hydroxyl groups is 1. The lowest BCUT2D eigenvalue weighted by atomic mass is 9.84. The van der Waals surface area contributed by atoms with Gasteiger partial charge in [0.15, 0.2) is 5.79 Å². The molecule has 3 unspecified atom stereocenters. The van der Waals surface area contributed by atoms with E-state index in [1.54, 1.807) is 19.2 Å². The average Bonchev–Trinajstić information content (AvgIpc) is 3.18. The number of para-hydroxylation sites is 1. The molecule has 2 heterocycles. The van der Waals surface area contributed by atoms with Crippen molar-refractivity contribution in [3.63, 3.8) is 0 Å². The van der Waals surface area contributed by atoms with Crippen LogP contribution in [0.25, 0.3) is 0 Å². The Morgan fingerprint density at radius 2 is 1.73 bits per heavy atom. The molecule has 5 nitrogen and oxygen atoms in total. The van der Waals surface area contributed by atoms with Crippen LogP contribution >= 0.6 is 0 Å². The molecule has 0 saturated carbocycles. The number of methoxy groups -OCH3 is 1. The summed E-state index contributed by atoms with van der Waals surface area (Å²) < 4.78 is 32.0. The molecule has 2 fully saturated rings. The maximum Gasteiger partial charge on any atom is 0.191 e. The van der Waals surface area contributed by atoms with Crippen molar-refractivity contribution in [3.05, 3.63) is 101 Å². The van der Waals surface area contributed by atoms with E-state index >= 15 is 0 Å². The minimum absolute atomic E-state index is 0.0737. The molecule has 2 aliphatic heterocycles. The van der Waals surface area contributed by atoms with Crippen molar-refractivity contribution < 1.29 is 23.7 Å². The van der Waals surface area contributed by atoms with Crippen molar-refractivity contribution in [1.82, 2.24) is 4.90 Å². The monoisotopic (exact) mass is 449 g/mol. The molecule has 3 atom stereocenters. The van der Waals surface area contributed by atoms with Gasteiger partial charge in [0.25, 0.3) is 0 Å². The number of hydrogen-bond donors (Lipinski definition) is 1. The second kappa shape index (κ2) is 8.88. The summed E-state index contributed by atoms with van der Waals surface area (Å²) in [6, 6.07) is 23.8. The summed E-state index contributed by atoms with van der Waals surface area (Å²) in [6.45, 7) is 1.91. The molecule has 172 valence electrons. The summed E-state index contributed by atoms with van der Waals surface area (Å²) >= 11 is 0. The third kappa shape index (κ3) is 4.15. The first kappa shape index (κ1) is 22.0. The molecule has 2 saturated heterocycles. The smallest absolute Gasteiger partial charge is 0.191 e. The van der Waals surface area contributed by atoms with E-state index in [0.29, 0.717) is 31.0 Å². The van der Waals surface area contributed by atoms with Crippen LogP contribution in [0, 0.1) is 5.82 Å². The van der Waals surface area contributed by atoms with E-state index in [1.165, 1.54) is 17.7 Å². The van der Waals surface area contributed by atoms with Crippen LogP contribution in [0.2, 0.25) is 0 Å². The van der Waals surface area contributed by atoms with Crippen molar-refractivity contribution in [2.75, 3.05) is 26.9 Å². The molecule has 2 aliphatic rings. The Balaban J connectivity index is 1.54. The lowest BCUT2D eigenvalue weighted by molar-refractivity contribution is -0.276. The van der Waals surface area contributed by atoms with Gasteiger partial charge in [0.2, 0.25) is 0 Å². The molecule has 6 heteroatoms. The number of hydrogen-bond acceptors (Lipinski definition) is 5. The van der Waals surface area contributed by atoms with Gasteiger partial charge >= 0.3 is 0 Å². The standard InChI is InChI=1S/C27H28FNO4/c1-31-24-10-6-5-9-23(24)26(30)18-27(33-19-26)25(21-11-13-22(28)14-12-21)29(15-16-32-27)17-20-7-3-2-4-8-20/h2-14,25,30H,15-19H2,1H3. The molecule has 0 radical (unpaired) electrons. The van der Waals surface area contributed by atoms with E-state index < -0.39 is 11.4 Å². The number of halogens is 1. The fourth-order valence-electron chi connectivity index (χ4n) is 5.14. The van der Waals surface area contributed by atoms with Crippen molar-refractivity contribution in [2.45, 2.75) is 30.4 Å². The maximum atomic E-state index is 13.8.